The van der Waals surface area contributed by atoms with Crippen molar-refractivity contribution in [3.63, 3.8) is 0 Å². The molecule has 0 saturated carbocycles. The van der Waals surface area contributed by atoms with Gasteiger partial charge in [0.1, 0.15) is 18.1 Å². The molecular weight excluding hydrogens is 238 g/mol. The third kappa shape index (κ3) is 3.61. The van der Waals surface area contributed by atoms with Crippen LogP contribution in [0, 0.1) is 13.8 Å². The fourth-order valence-corrected chi connectivity index (χ4v) is 2.01. The lowest BCUT2D eigenvalue weighted by Gasteiger charge is -2.10. The van der Waals surface area contributed by atoms with Crippen molar-refractivity contribution in [2.45, 2.75) is 33.9 Å². The van der Waals surface area contributed by atoms with E-state index in [9.17, 15) is 0 Å². The summed E-state index contributed by atoms with van der Waals surface area (Å²) in [7, 11) is 0. The predicted octanol–water partition coefficient (Wildman–Crippen LogP) is 3.58. The monoisotopic (exact) mass is 259 g/mol. The normalized spacial score (nSPS) is 10.7. The number of rotatable bonds is 6. The predicted molar refractivity (Wildman–Crippen MR) is 76.3 cm³/mol. The fourth-order valence-electron chi connectivity index (χ4n) is 2.01. The summed E-state index contributed by atoms with van der Waals surface area (Å²) in [5.41, 5.74) is 3.51. The van der Waals surface area contributed by atoms with E-state index in [1.807, 2.05) is 12.1 Å². The van der Waals surface area contributed by atoms with Crippen molar-refractivity contribution < 1.29 is 9.15 Å². The average molecular weight is 259 g/mol. The molecule has 0 aliphatic carbocycles. The molecule has 1 aromatic heterocycles. The second kappa shape index (κ2) is 6.43. The number of hydrogen-bond acceptors (Lipinski definition) is 3. The number of hydrogen-bond donors (Lipinski definition) is 1. The maximum atomic E-state index is 5.87. The number of ether oxygens (including phenoxy) is 1. The molecule has 0 bridgehead atoms. The minimum atomic E-state index is 0.543. The number of nitrogens with one attached hydrogen (secondary N) is 1. The summed E-state index contributed by atoms with van der Waals surface area (Å²) in [5, 5.41) is 3.26. The first kappa shape index (κ1) is 13.7. The molecule has 1 heterocycles. The summed E-state index contributed by atoms with van der Waals surface area (Å²) in [6.07, 6.45) is 1.72. The van der Waals surface area contributed by atoms with Gasteiger partial charge in [-0.15, -0.1) is 0 Å². The van der Waals surface area contributed by atoms with E-state index in [1.165, 1.54) is 5.56 Å². The fraction of sp³-hybridized carbons (Fsp3) is 0.375. The quantitative estimate of drug-likeness (QED) is 0.861. The summed E-state index contributed by atoms with van der Waals surface area (Å²) in [6, 6.07) is 8.19. The highest BCUT2D eigenvalue weighted by Gasteiger charge is 2.07. The van der Waals surface area contributed by atoms with E-state index in [1.54, 1.807) is 6.26 Å². The van der Waals surface area contributed by atoms with Crippen LogP contribution in [0.4, 0.5) is 0 Å². The van der Waals surface area contributed by atoms with Crippen molar-refractivity contribution in [1.29, 1.82) is 0 Å². The first-order valence-corrected chi connectivity index (χ1v) is 6.66. The second-order valence-corrected chi connectivity index (χ2v) is 4.71. The molecular formula is C16H21NO2. The summed E-state index contributed by atoms with van der Waals surface area (Å²) in [6.45, 7) is 8.45. The van der Waals surface area contributed by atoms with Crippen molar-refractivity contribution >= 4 is 0 Å². The number of furan rings is 1. The zero-order chi connectivity index (χ0) is 13.7. The van der Waals surface area contributed by atoms with Gasteiger partial charge < -0.3 is 14.5 Å². The molecule has 2 aromatic rings. The minimum absolute atomic E-state index is 0.543. The van der Waals surface area contributed by atoms with Crippen LogP contribution in [-0.2, 0) is 13.2 Å². The van der Waals surface area contributed by atoms with E-state index in [4.69, 9.17) is 9.15 Å². The molecule has 0 radical (unpaired) electrons. The van der Waals surface area contributed by atoms with Gasteiger partial charge in [-0.05, 0) is 38.1 Å². The van der Waals surface area contributed by atoms with Gasteiger partial charge in [0, 0.05) is 5.56 Å². The van der Waals surface area contributed by atoms with Crippen LogP contribution in [-0.4, -0.2) is 6.54 Å². The summed E-state index contributed by atoms with van der Waals surface area (Å²) in [4.78, 5) is 0. The first-order chi connectivity index (χ1) is 9.20. The van der Waals surface area contributed by atoms with Crippen LogP contribution in [0.15, 0.2) is 34.9 Å². The van der Waals surface area contributed by atoms with Crippen molar-refractivity contribution in [2.24, 2.45) is 0 Å². The van der Waals surface area contributed by atoms with Gasteiger partial charge in [-0.25, -0.2) is 0 Å². The summed E-state index contributed by atoms with van der Waals surface area (Å²) in [5.74, 6) is 1.88. The molecule has 0 saturated heterocycles. The Bertz CT molecular complexity index is 531. The Hall–Kier alpha value is -1.74. The Morgan fingerprint density at radius 3 is 2.79 bits per heavy atom. The molecule has 3 heteroatoms. The smallest absolute Gasteiger partial charge is 0.124 e. The van der Waals surface area contributed by atoms with E-state index in [0.717, 1.165) is 35.7 Å². The molecule has 0 aliphatic rings. The van der Waals surface area contributed by atoms with Crippen LogP contribution in [0.5, 0.6) is 5.75 Å². The maximum absolute atomic E-state index is 5.87. The van der Waals surface area contributed by atoms with Gasteiger partial charge >= 0.3 is 0 Å². The molecule has 2 rings (SSSR count). The second-order valence-electron chi connectivity index (χ2n) is 4.71. The van der Waals surface area contributed by atoms with Crippen molar-refractivity contribution in [3.8, 4) is 5.75 Å². The lowest BCUT2D eigenvalue weighted by atomic mass is 10.1. The molecule has 19 heavy (non-hydrogen) atoms. The zero-order valence-electron chi connectivity index (χ0n) is 11.8. The third-order valence-electron chi connectivity index (χ3n) is 3.09. The molecule has 1 aromatic carbocycles. The van der Waals surface area contributed by atoms with Crippen LogP contribution in [0.3, 0.4) is 0 Å². The molecule has 102 valence electrons. The molecule has 0 atom stereocenters. The summed E-state index contributed by atoms with van der Waals surface area (Å²) >= 11 is 0. The highest BCUT2D eigenvalue weighted by molar-refractivity contribution is 5.35. The molecule has 0 amide bonds. The summed E-state index contributed by atoms with van der Waals surface area (Å²) < 4.78 is 11.3. The first-order valence-electron chi connectivity index (χ1n) is 6.66. The Morgan fingerprint density at radius 1 is 1.21 bits per heavy atom. The van der Waals surface area contributed by atoms with Gasteiger partial charge in [-0.1, -0.05) is 24.6 Å². The molecule has 0 aliphatic heterocycles. The Balaban J connectivity index is 2.00. The van der Waals surface area contributed by atoms with Gasteiger partial charge in [0.25, 0.3) is 0 Å². The number of aryl methyl sites for hydroxylation is 2. The van der Waals surface area contributed by atoms with E-state index >= 15 is 0 Å². The van der Waals surface area contributed by atoms with Gasteiger partial charge in [0.15, 0.2) is 0 Å². The topological polar surface area (TPSA) is 34.4 Å². The van der Waals surface area contributed by atoms with Crippen LogP contribution in [0.25, 0.3) is 0 Å². The Morgan fingerprint density at radius 2 is 2.05 bits per heavy atom. The van der Waals surface area contributed by atoms with E-state index in [0.29, 0.717) is 6.61 Å². The van der Waals surface area contributed by atoms with Crippen molar-refractivity contribution in [1.82, 2.24) is 5.32 Å². The highest BCUT2D eigenvalue weighted by Crippen LogP contribution is 2.21. The maximum Gasteiger partial charge on any atom is 0.124 e. The number of benzene rings is 1. The van der Waals surface area contributed by atoms with Crippen LogP contribution in [0.1, 0.15) is 29.4 Å². The van der Waals surface area contributed by atoms with Crippen molar-refractivity contribution in [2.75, 3.05) is 6.54 Å². The van der Waals surface area contributed by atoms with Gasteiger partial charge in [-0.3, -0.25) is 0 Å². The SMILES string of the molecule is CCNCc1occc1COc1ccc(C)cc1C. The third-order valence-corrected chi connectivity index (χ3v) is 3.09. The van der Waals surface area contributed by atoms with Crippen molar-refractivity contribution in [3.05, 3.63) is 53.0 Å². The zero-order valence-corrected chi connectivity index (χ0v) is 11.8. The van der Waals surface area contributed by atoms with E-state index < -0.39 is 0 Å². The molecule has 3 nitrogen and oxygen atoms in total. The highest BCUT2D eigenvalue weighted by atomic mass is 16.5. The van der Waals surface area contributed by atoms with E-state index in [2.05, 4.69) is 38.2 Å². The lowest BCUT2D eigenvalue weighted by Crippen LogP contribution is -2.12. The molecule has 1 N–H and O–H groups in total. The van der Waals surface area contributed by atoms with Crippen LogP contribution >= 0.6 is 0 Å². The lowest BCUT2D eigenvalue weighted by molar-refractivity contribution is 0.299. The largest absolute Gasteiger partial charge is 0.489 e. The molecule has 0 fully saturated rings. The molecule has 0 spiro atoms. The Kier molecular flexibility index (Phi) is 4.63. The van der Waals surface area contributed by atoms with Gasteiger partial charge in [0.2, 0.25) is 0 Å². The standard InChI is InChI=1S/C16H21NO2/c1-4-17-10-16-14(7-8-18-16)11-19-15-6-5-12(2)9-13(15)3/h5-9,17H,4,10-11H2,1-3H3. The van der Waals surface area contributed by atoms with Crippen LogP contribution < -0.4 is 10.1 Å². The van der Waals surface area contributed by atoms with Gasteiger partial charge in [-0.2, -0.15) is 0 Å². The van der Waals surface area contributed by atoms with Gasteiger partial charge in [0.05, 0.1) is 12.8 Å². The average Bonchev–Trinajstić information content (AvgIpc) is 2.83. The minimum Gasteiger partial charge on any atom is -0.489 e. The molecule has 0 unspecified atom stereocenters. The van der Waals surface area contributed by atoms with E-state index in [-0.39, 0.29) is 0 Å². The Labute approximate surface area is 114 Å². The van der Waals surface area contributed by atoms with Crippen LogP contribution in [0.2, 0.25) is 0 Å².